The van der Waals surface area contributed by atoms with E-state index in [0.29, 0.717) is 12.8 Å². The molecule has 5 nitrogen and oxygen atoms in total. The molecule has 0 heterocycles. The maximum Gasteiger partial charge on any atom is 0.306 e. The highest BCUT2D eigenvalue weighted by molar-refractivity contribution is 5.70. The third-order valence-corrected chi connectivity index (χ3v) is 15.9. The molecule has 0 bridgehead atoms. The first-order chi connectivity index (χ1) is 35.6. The standard InChI is InChI=1S/C67H132O5/c1-3-5-7-9-11-13-15-17-19-21-23-25-27-29-31-33-35-37-39-41-43-45-47-49-51-53-55-57-59-61-66(69)71-64-65(63-68)72-67(70)62-60-58-56-54-52-50-48-46-44-42-40-38-36-34-32-30-28-26-24-22-20-18-16-14-12-10-8-6-4-2/h65,68H,3-64H2,1-2H3. The smallest absolute Gasteiger partial charge is 0.306 e. The zero-order valence-corrected chi connectivity index (χ0v) is 49.5. The van der Waals surface area contributed by atoms with Gasteiger partial charge in [-0.1, -0.05) is 373 Å². The lowest BCUT2D eigenvalue weighted by molar-refractivity contribution is -0.161. The van der Waals surface area contributed by atoms with Crippen molar-refractivity contribution in [3.8, 4) is 0 Å². The van der Waals surface area contributed by atoms with Gasteiger partial charge in [0, 0.05) is 12.8 Å². The Labute approximate surface area is 452 Å². The number of carbonyl (C=O) groups excluding carboxylic acids is 2. The number of unbranched alkanes of at least 4 members (excludes halogenated alkanes) is 56. The molecule has 0 aromatic rings. The van der Waals surface area contributed by atoms with Crippen LogP contribution in [0.2, 0.25) is 0 Å². The van der Waals surface area contributed by atoms with E-state index in [9.17, 15) is 14.7 Å². The Morgan fingerprint density at radius 1 is 0.264 bits per heavy atom. The van der Waals surface area contributed by atoms with Gasteiger partial charge in [0.25, 0.3) is 0 Å². The molecule has 72 heavy (non-hydrogen) atoms. The monoisotopic (exact) mass is 1020 g/mol. The summed E-state index contributed by atoms with van der Waals surface area (Å²) in [6.45, 7) is 4.23. The zero-order chi connectivity index (χ0) is 52.0. The van der Waals surface area contributed by atoms with Crippen molar-refractivity contribution < 1.29 is 24.2 Å². The van der Waals surface area contributed by atoms with Gasteiger partial charge in [0.2, 0.25) is 0 Å². The average molecular weight is 1020 g/mol. The number of hydrogen-bond acceptors (Lipinski definition) is 5. The predicted octanol–water partition coefficient (Wildman–Crippen LogP) is 22.9. The van der Waals surface area contributed by atoms with Crippen LogP contribution in [0.3, 0.4) is 0 Å². The van der Waals surface area contributed by atoms with Crippen molar-refractivity contribution in [3.63, 3.8) is 0 Å². The first-order valence-corrected chi connectivity index (χ1v) is 33.6. The minimum Gasteiger partial charge on any atom is -0.462 e. The van der Waals surface area contributed by atoms with Gasteiger partial charge in [0.05, 0.1) is 6.61 Å². The summed E-state index contributed by atoms with van der Waals surface area (Å²) in [4.78, 5) is 24.6. The second kappa shape index (κ2) is 64.2. The molecule has 0 amide bonds. The summed E-state index contributed by atoms with van der Waals surface area (Å²) in [5.41, 5.74) is 0. The Kier molecular flexibility index (Phi) is 63.2. The normalized spacial score (nSPS) is 12.0. The number of rotatable bonds is 64. The van der Waals surface area contributed by atoms with Crippen molar-refractivity contribution in [1.82, 2.24) is 0 Å². The van der Waals surface area contributed by atoms with Gasteiger partial charge in [-0.25, -0.2) is 0 Å². The summed E-state index contributed by atoms with van der Waals surface area (Å²) in [5.74, 6) is -0.559. The largest absolute Gasteiger partial charge is 0.462 e. The quantitative estimate of drug-likeness (QED) is 0.0485. The highest BCUT2D eigenvalue weighted by Crippen LogP contribution is 2.20. The van der Waals surface area contributed by atoms with Crippen LogP contribution in [-0.2, 0) is 19.1 Å². The number of hydrogen-bond donors (Lipinski definition) is 1. The highest BCUT2D eigenvalue weighted by atomic mass is 16.6. The van der Waals surface area contributed by atoms with E-state index in [1.165, 1.54) is 340 Å². The van der Waals surface area contributed by atoms with Crippen LogP contribution in [-0.4, -0.2) is 36.4 Å². The SMILES string of the molecule is CCCCCCCCCCCCCCCCCCCCCCCCCCCCCCCC(=O)OCC(CO)OC(=O)CCCCCCCCCCCCCCCCCCCCCCCCCCCCCCC. The van der Waals surface area contributed by atoms with E-state index in [1.807, 2.05) is 0 Å². The Morgan fingerprint density at radius 2 is 0.431 bits per heavy atom. The first-order valence-electron chi connectivity index (χ1n) is 33.6. The van der Waals surface area contributed by atoms with Gasteiger partial charge in [0.1, 0.15) is 6.61 Å². The lowest BCUT2D eigenvalue weighted by Crippen LogP contribution is -2.28. The summed E-state index contributed by atoms with van der Waals surface area (Å²) in [6, 6.07) is 0. The lowest BCUT2D eigenvalue weighted by atomic mass is 10.0. The van der Waals surface area contributed by atoms with Gasteiger partial charge >= 0.3 is 11.9 Å². The van der Waals surface area contributed by atoms with Crippen LogP contribution in [0.1, 0.15) is 399 Å². The third-order valence-electron chi connectivity index (χ3n) is 15.9. The van der Waals surface area contributed by atoms with Crippen LogP contribution in [0, 0.1) is 0 Å². The minimum atomic E-state index is -0.765. The second-order valence-corrected chi connectivity index (χ2v) is 23.3. The molecule has 0 spiro atoms. The molecule has 430 valence electrons. The van der Waals surface area contributed by atoms with Gasteiger partial charge in [0.15, 0.2) is 6.10 Å². The number of aliphatic hydroxyl groups excluding tert-OH is 1. The second-order valence-electron chi connectivity index (χ2n) is 23.3. The summed E-state index contributed by atoms with van der Waals surface area (Å²) in [7, 11) is 0. The molecule has 0 aliphatic carbocycles. The Morgan fingerprint density at radius 3 is 0.611 bits per heavy atom. The molecule has 0 radical (unpaired) electrons. The molecule has 1 atom stereocenters. The predicted molar refractivity (Wildman–Crippen MR) is 316 cm³/mol. The fourth-order valence-electron chi connectivity index (χ4n) is 10.9. The number of carbonyl (C=O) groups is 2. The van der Waals surface area contributed by atoms with Crippen molar-refractivity contribution in [3.05, 3.63) is 0 Å². The third kappa shape index (κ3) is 61.4. The van der Waals surface area contributed by atoms with E-state index in [-0.39, 0.29) is 25.2 Å². The van der Waals surface area contributed by atoms with E-state index in [1.54, 1.807) is 0 Å². The van der Waals surface area contributed by atoms with Crippen molar-refractivity contribution >= 4 is 11.9 Å². The molecule has 0 saturated carbocycles. The summed E-state index contributed by atoms with van der Waals surface area (Å²) >= 11 is 0. The Hall–Kier alpha value is -1.10. The highest BCUT2D eigenvalue weighted by Gasteiger charge is 2.16. The summed E-state index contributed by atoms with van der Waals surface area (Å²) in [5, 5.41) is 9.69. The molecule has 1 unspecified atom stereocenters. The molecule has 0 aliphatic rings. The molecular weight excluding hydrogens is 885 g/mol. The molecule has 0 aromatic heterocycles. The van der Waals surface area contributed by atoms with Crippen LogP contribution < -0.4 is 0 Å². The summed E-state index contributed by atoms with van der Waals surface area (Å²) < 4.78 is 10.8. The first kappa shape index (κ1) is 70.9. The topological polar surface area (TPSA) is 72.8 Å². The van der Waals surface area contributed by atoms with Crippen LogP contribution in [0.5, 0.6) is 0 Å². The fourth-order valence-corrected chi connectivity index (χ4v) is 10.9. The van der Waals surface area contributed by atoms with Crippen LogP contribution in [0.4, 0.5) is 0 Å². The maximum absolute atomic E-state index is 12.3. The summed E-state index contributed by atoms with van der Waals surface area (Å²) in [6.07, 6.45) is 79.9. The number of ether oxygens (including phenoxy) is 2. The van der Waals surface area contributed by atoms with Gasteiger partial charge in [-0.05, 0) is 12.8 Å². The number of esters is 2. The number of aliphatic hydroxyl groups is 1. The van der Waals surface area contributed by atoms with E-state index in [2.05, 4.69) is 13.8 Å². The zero-order valence-electron chi connectivity index (χ0n) is 49.5. The van der Waals surface area contributed by atoms with Gasteiger partial charge in [-0.15, -0.1) is 0 Å². The molecule has 0 rings (SSSR count). The van der Waals surface area contributed by atoms with Gasteiger partial charge in [-0.3, -0.25) is 9.59 Å². The molecule has 0 aliphatic heterocycles. The van der Waals surface area contributed by atoms with Gasteiger partial charge < -0.3 is 14.6 Å². The molecular formula is C67H132O5. The molecule has 0 aromatic carbocycles. The average Bonchev–Trinajstić information content (AvgIpc) is 3.38. The van der Waals surface area contributed by atoms with E-state index in [4.69, 9.17) is 9.47 Å². The Balaban J connectivity index is 3.36. The van der Waals surface area contributed by atoms with Crippen LogP contribution >= 0.6 is 0 Å². The molecule has 0 saturated heterocycles. The Bertz CT molecular complexity index is 1010. The van der Waals surface area contributed by atoms with E-state index >= 15 is 0 Å². The lowest BCUT2D eigenvalue weighted by Gasteiger charge is -2.15. The van der Waals surface area contributed by atoms with E-state index in [0.717, 1.165) is 32.1 Å². The molecule has 5 heteroatoms. The van der Waals surface area contributed by atoms with Crippen molar-refractivity contribution in [2.75, 3.05) is 13.2 Å². The van der Waals surface area contributed by atoms with Crippen molar-refractivity contribution in [2.24, 2.45) is 0 Å². The van der Waals surface area contributed by atoms with Crippen molar-refractivity contribution in [2.45, 2.75) is 405 Å². The van der Waals surface area contributed by atoms with Crippen LogP contribution in [0.25, 0.3) is 0 Å². The maximum atomic E-state index is 12.3. The van der Waals surface area contributed by atoms with Gasteiger partial charge in [-0.2, -0.15) is 0 Å². The van der Waals surface area contributed by atoms with E-state index < -0.39 is 6.10 Å². The minimum absolute atomic E-state index is 0.0553. The molecule has 0 fully saturated rings. The fraction of sp³-hybridized carbons (Fsp3) is 0.970. The van der Waals surface area contributed by atoms with Crippen molar-refractivity contribution in [1.29, 1.82) is 0 Å². The molecule has 1 N–H and O–H groups in total. The van der Waals surface area contributed by atoms with Crippen LogP contribution in [0.15, 0.2) is 0 Å².